The molecule has 1 N–H and O–H groups in total. The molecule has 1 saturated heterocycles. The van der Waals surface area contributed by atoms with Crippen molar-refractivity contribution in [1.82, 2.24) is 15.1 Å². The van der Waals surface area contributed by atoms with Crippen LogP contribution in [0.5, 0.6) is 11.5 Å². The summed E-state index contributed by atoms with van der Waals surface area (Å²) in [4.78, 5) is 39.2. The summed E-state index contributed by atoms with van der Waals surface area (Å²) in [6, 6.07) is 6.88. The first-order valence-electron chi connectivity index (χ1n) is 8.55. The van der Waals surface area contributed by atoms with Crippen LogP contribution in [0.1, 0.15) is 13.8 Å². The highest BCUT2D eigenvalue weighted by atomic mass is 16.5. The van der Waals surface area contributed by atoms with Crippen molar-refractivity contribution in [2.75, 3.05) is 39.9 Å². The number of amides is 3. The lowest BCUT2D eigenvalue weighted by Gasteiger charge is -2.34. The number of benzene rings is 1. The third-order valence-corrected chi connectivity index (χ3v) is 3.96. The molecular formula is C18H25N3O5. The highest BCUT2D eigenvalue weighted by molar-refractivity contribution is 6.35. The Balaban J connectivity index is 1.76. The van der Waals surface area contributed by atoms with Crippen molar-refractivity contribution in [2.45, 2.75) is 19.9 Å². The summed E-state index contributed by atoms with van der Waals surface area (Å²) >= 11 is 0. The first kappa shape index (κ1) is 19.6. The number of nitrogens with zero attached hydrogens (tertiary/aromatic N) is 2. The summed E-state index contributed by atoms with van der Waals surface area (Å²) in [5.74, 6) is -0.0215. The molecule has 8 heteroatoms. The van der Waals surface area contributed by atoms with Gasteiger partial charge in [0.2, 0.25) is 0 Å². The monoisotopic (exact) mass is 363 g/mol. The van der Waals surface area contributed by atoms with Gasteiger partial charge in [0, 0.05) is 32.2 Å². The predicted molar refractivity (Wildman–Crippen MR) is 94.9 cm³/mol. The van der Waals surface area contributed by atoms with Gasteiger partial charge in [-0.2, -0.15) is 0 Å². The molecule has 142 valence electrons. The minimum Gasteiger partial charge on any atom is -0.497 e. The van der Waals surface area contributed by atoms with Gasteiger partial charge < -0.3 is 24.6 Å². The fourth-order valence-corrected chi connectivity index (χ4v) is 2.53. The van der Waals surface area contributed by atoms with Crippen LogP contribution in [0, 0.1) is 0 Å². The number of carbonyl (C=O) groups excluding carboxylic acids is 3. The second-order valence-electron chi connectivity index (χ2n) is 6.27. The average Bonchev–Trinajstić information content (AvgIpc) is 2.65. The second kappa shape index (κ2) is 9.07. The molecule has 1 aliphatic rings. The van der Waals surface area contributed by atoms with Crippen LogP contribution in [-0.2, 0) is 14.4 Å². The van der Waals surface area contributed by atoms with Crippen molar-refractivity contribution in [3.8, 4) is 11.5 Å². The molecule has 1 fully saturated rings. The SMILES string of the molecule is COc1ccc(OCC(=O)N2CCN(C(=O)C(=O)NC(C)C)CC2)cc1. The largest absolute Gasteiger partial charge is 0.497 e. The van der Waals surface area contributed by atoms with Gasteiger partial charge in [-0.15, -0.1) is 0 Å². The van der Waals surface area contributed by atoms with Gasteiger partial charge in [0.05, 0.1) is 7.11 Å². The van der Waals surface area contributed by atoms with Crippen LogP contribution < -0.4 is 14.8 Å². The number of hydrogen-bond donors (Lipinski definition) is 1. The number of methoxy groups -OCH3 is 1. The number of piperazine rings is 1. The van der Waals surface area contributed by atoms with Gasteiger partial charge in [-0.1, -0.05) is 0 Å². The molecule has 0 radical (unpaired) electrons. The van der Waals surface area contributed by atoms with Crippen LogP contribution in [0.4, 0.5) is 0 Å². The molecule has 0 aromatic heterocycles. The fourth-order valence-electron chi connectivity index (χ4n) is 2.53. The molecule has 0 bridgehead atoms. The Morgan fingerprint density at radius 3 is 2.08 bits per heavy atom. The van der Waals surface area contributed by atoms with Gasteiger partial charge in [-0.3, -0.25) is 14.4 Å². The molecule has 1 heterocycles. The number of ether oxygens (including phenoxy) is 2. The first-order valence-corrected chi connectivity index (χ1v) is 8.55. The molecule has 1 aromatic carbocycles. The van der Waals surface area contributed by atoms with Gasteiger partial charge in [-0.05, 0) is 38.1 Å². The Morgan fingerprint density at radius 2 is 1.54 bits per heavy atom. The topological polar surface area (TPSA) is 88.2 Å². The maximum atomic E-state index is 12.2. The Morgan fingerprint density at radius 1 is 1.00 bits per heavy atom. The molecule has 1 aliphatic heterocycles. The summed E-state index contributed by atoms with van der Waals surface area (Å²) in [6.07, 6.45) is 0. The number of carbonyl (C=O) groups is 3. The zero-order valence-corrected chi connectivity index (χ0v) is 15.4. The lowest BCUT2D eigenvalue weighted by Crippen LogP contribution is -2.55. The summed E-state index contributed by atoms with van der Waals surface area (Å²) in [6.45, 7) is 4.94. The van der Waals surface area contributed by atoms with E-state index in [0.717, 1.165) is 0 Å². The minimum absolute atomic E-state index is 0.0753. The van der Waals surface area contributed by atoms with E-state index in [1.807, 2.05) is 0 Å². The number of hydrogen-bond acceptors (Lipinski definition) is 5. The molecule has 3 amide bonds. The van der Waals surface area contributed by atoms with Crippen molar-refractivity contribution < 1.29 is 23.9 Å². The summed E-state index contributed by atoms with van der Waals surface area (Å²) < 4.78 is 10.6. The molecular weight excluding hydrogens is 338 g/mol. The normalized spacial score (nSPS) is 14.2. The summed E-state index contributed by atoms with van der Waals surface area (Å²) in [5, 5.41) is 2.58. The van der Waals surface area contributed by atoms with Crippen LogP contribution in [0.15, 0.2) is 24.3 Å². The van der Waals surface area contributed by atoms with Crippen LogP contribution >= 0.6 is 0 Å². The van der Waals surface area contributed by atoms with Crippen molar-refractivity contribution in [3.05, 3.63) is 24.3 Å². The Hall–Kier alpha value is -2.77. The van der Waals surface area contributed by atoms with E-state index in [2.05, 4.69) is 5.32 Å². The van der Waals surface area contributed by atoms with Gasteiger partial charge >= 0.3 is 11.8 Å². The van der Waals surface area contributed by atoms with Crippen molar-refractivity contribution in [1.29, 1.82) is 0 Å². The summed E-state index contributed by atoms with van der Waals surface area (Å²) in [5.41, 5.74) is 0. The molecule has 0 saturated carbocycles. The minimum atomic E-state index is -0.609. The van der Waals surface area contributed by atoms with Gasteiger partial charge in [0.1, 0.15) is 11.5 Å². The van der Waals surface area contributed by atoms with E-state index in [9.17, 15) is 14.4 Å². The van der Waals surface area contributed by atoms with Gasteiger partial charge in [-0.25, -0.2) is 0 Å². The average molecular weight is 363 g/mol. The van der Waals surface area contributed by atoms with E-state index >= 15 is 0 Å². The molecule has 8 nitrogen and oxygen atoms in total. The first-order chi connectivity index (χ1) is 12.4. The van der Waals surface area contributed by atoms with Crippen LogP contribution in [0.3, 0.4) is 0 Å². The zero-order chi connectivity index (χ0) is 19.1. The lowest BCUT2D eigenvalue weighted by molar-refractivity contribution is -0.148. The second-order valence-corrected chi connectivity index (χ2v) is 6.27. The molecule has 2 rings (SSSR count). The van der Waals surface area contributed by atoms with E-state index < -0.39 is 11.8 Å². The predicted octanol–water partition coefficient (Wildman–Crippen LogP) is 0.269. The van der Waals surface area contributed by atoms with E-state index in [1.54, 1.807) is 50.1 Å². The zero-order valence-electron chi connectivity index (χ0n) is 15.4. The number of nitrogens with one attached hydrogen (secondary N) is 1. The molecule has 26 heavy (non-hydrogen) atoms. The van der Waals surface area contributed by atoms with E-state index in [0.29, 0.717) is 37.7 Å². The highest BCUT2D eigenvalue weighted by Gasteiger charge is 2.28. The standard InChI is InChI=1S/C18H25N3O5/c1-13(2)19-17(23)18(24)21-10-8-20(9-11-21)16(22)12-26-15-6-4-14(25-3)5-7-15/h4-7,13H,8-12H2,1-3H3,(H,19,23). The van der Waals surface area contributed by atoms with Gasteiger partial charge in [0.15, 0.2) is 6.61 Å². The Kier molecular flexibility index (Phi) is 6.82. The summed E-state index contributed by atoms with van der Waals surface area (Å²) in [7, 11) is 1.58. The molecule has 0 unspecified atom stereocenters. The Bertz CT molecular complexity index is 637. The van der Waals surface area contributed by atoms with Crippen molar-refractivity contribution in [2.24, 2.45) is 0 Å². The highest BCUT2D eigenvalue weighted by Crippen LogP contribution is 2.17. The van der Waals surface area contributed by atoms with Crippen molar-refractivity contribution in [3.63, 3.8) is 0 Å². The molecule has 0 aliphatic carbocycles. The molecule has 1 aromatic rings. The van der Waals surface area contributed by atoms with E-state index in [1.165, 1.54) is 4.90 Å². The smallest absolute Gasteiger partial charge is 0.312 e. The number of rotatable bonds is 5. The quantitative estimate of drug-likeness (QED) is 0.759. The maximum absolute atomic E-state index is 12.2. The van der Waals surface area contributed by atoms with Crippen LogP contribution in [0.2, 0.25) is 0 Å². The van der Waals surface area contributed by atoms with Gasteiger partial charge in [0.25, 0.3) is 5.91 Å². The Labute approximate surface area is 153 Å². The molecule has 0 spiro atoms. The molecule has 0 atom stereocenters. The fraction of sp³-hybridized carbons (Fsp3) is 0.500. The third kappa shape index (κ3) is 5.37. The van der Waals surface area contributed by atoms with E-state index in [-0.39, 0.29) is 18.6 Å². The maximum Gasteiger partial charge on any atom is 0.312 e. The van der Waals surface area contributed by atoms with E-state index in [4.69, 9.17) is 9.47 Å². The van der Waals surface area contributed by atoms with Crippen LogP contribution in [0.25, 0.3) is 0 Å². The lowest BCUT2D eigenvalue weighted by atomic mass is 10.3. The van der Waals surface area contributed by atoms with Crippen LogP contribution in [-0.4, -0.2) is 73.5 Å². The van der Waals surface area contributed by atoms with Crippen molar-refractivity contribution >= 4 is 17.7 Å². The third-order valence-electron chi connectivity index (χ3n) is 3.96.